The van der Waals surface area contributed by atoms with Gasteiger partial charge in [0.1, 0.15) is 11.9 Å². The Balaban J connectivity index is 1.45. The van der Waals surface area contributed by atoms with E-state index in [1.54, 1.807) is 17.0 Å². The molecule has 0 aromatic heterocycles. The lowest BCUT2D eigenvalue weighted by atomic mass is 9.98. The molecule has 0 radical (unpaired) electrons. The van der Waals surface area contributed by atoms with Crippen molar-refractivity contribution < 1.29 is 18.7 Å². The van der Waals surface area contributed by atoms with Crippen molar-refractivity contribution in [3.63, 3.8) is 0 Å². The third-order valence-electron chi connectivity index (χ3n) is 5.72. The summed E-state index contributed by atoms with van der Waals surface area (Å²) >= 11 is 0. The third-order valence-corrected chi connectivity index (χ3v) is 5.72. The molecular weight excluding hydrogens is 371 g/mol. The van der Waals surface area contributed by atoms with Gasteiger partial charge in [-0.05, 0) is 61.1 Å². The molecule has 2 aliphatic rings. The number of carbonyl (C=O) groups excluding carboxylic acids is 2. The van der Waals surface area contributed by atoms with E-state index in [1.807, 2.05) is 24.3 Å². The molecule has 2 saturated heterocycles. The second-order valence-corrected chi connectivity index (χ2v) is 7.65. The maximum absolute atomic E-state index is 13.2. The lowest BCUT2D eigenvalue weighted by molar-refractivity contribution is -0.142. The Morgan fingerprint density at radius 2 is 1.76 bits per heavy atom. The largest absolute Gasteiger partial charge is 0.381 e. The summed E-state index contributed by atoms with van der Waals surface area (Å²) in [7, 11) is 0. The van der Waals surface area contributed by atoms with Gasteiger partial charge in [0.05, 0.1) is 0 Å². The van der Waals surface area contributed by atoms with Crippen molar-refractivity contribution in [3.8, 4) is 11.1 Å². The fourth-order valence-corrected chi connectivity index (χ4v) is 4.13. The molecule has 2 heterocycles. The number of carbonyl (C=O) groups is 2. The van der Waals surface area contributed by atoms with Gasteiger partial charge in [-0.25, -0.2) is 4.39 Å². The summed E-state index contributed by atoms with van der Waals surface area (Å²) in [5.41, 5.74) is 2.44. The molecule has 2 aromatic rings. The van der Waals surface area contributed by atoms with Gasteiger partial charge in [0, 0.05) is 31.4 Å². The molecule has 0 saturated carbocycles. The minimum absolute atomic E-state index is 0.0426. The van der Waals surface area contributed by atoms with Crippen molar-refractivity contribution in [1.29, 1.82) is 0 Å². The van der Waals surface area contributed by atoms with E-state index in [0.29, 0.717) is 31.9 Å². The lowest BCUT2D eigenvalue weighted by Gasteiger charge is -2.30. The number of halogens is 1. The number of ether oxygens (including phenoxy) is 1. The monoisotopic (exact) mass is 396 g/mol. The zero-order valence-corrected chi connectivity index (χ0v) is 16.3. The second kappa shape index (κ2) is 8.74. The van der Waals surface area contributed by atoms with E-state index in [-0.39, 0.29) is 23.5 Å². The first-order valence-corrected chi connectivity index (χ1v) is 10.2. The highest BCUT2D eigenvalue weighted by Gasteiger charge is 2.37. The van der Waals surface area contributed by atoms with Crippen molar-refractivity contribution >= 4 is 17.5 Å². The van der Waals surface area contributed by atoms with E-state index >= 15 is 0 Å². The summed E-state index contributed by atoms with van der Waals surface area (Å²) in [6, 6.07) is 13.3. The predicted octanol–water partition coefficient (Wildman–Crippen LogP) is 3.85. The Morgan fingerprint density at radius 3 is 2.52 bits per heavy atom. The van der Waals surface area contributed by atoms with Gasteiger partial charge < -0.3 is 15.0 Å². The first kappa shape index (κ1) is 19.6. The molecule has 152 valence electrons. The summed E-state index contributed by atoms with van der Waals surface area (Å²) in [5.74, 6) is -0.405. The zero-order chi connectivity index (χ0) is 20.2. The van der Waals surface area contributed by atoms with Crippen LogP contribution < -0.4 is 5.32 Å². The fourth-order valence-electron chi connectivity index (χ4n) is 4.13. The first-order valence-electron chi connectivity index (χ1n) is 10.2. The smallest absolute Gasteiger partial charge is 0.247 e. The number of anilines is 1. The predicted molar refractivity (Wildman–Crippen MR) is 109 cm³/mol. The standard InChI is InChI=1S/C23H25FN2O3/c24-19-8-6-16(7-9-19)18-3-1-4-20(15-18)25-22(27)21-5-2-12-26(21)23(28)17-10-13-29-14-11-17/h1,3-4,6-9,15,17,21H,2,5,10-14H2,(H,25,27)/t21-/m1/s1. The van der Waals surface area contributed by atoms with Crippen LogP contribution >= 0.6 is 0 Å². The minimum atomic E-state index is -0.431. The molecule has 0 bridgehead atoms. The number of hydrogen-bond acceptors (Lipinski definition) is 3. The SMILES string of the molecule is O=C(Nc1cccc(-c2ccc(F)cc2)c1)[C@H]1CCCN1C(=O)C1CCOCC1. The summed E-state index contributed by atoms with van der Waals surface area (Å²) in [6.45, 7) is 1.85. The molecule has 0 aliphatic carbocycles. The van der Waals surface area contributed by atoms with E-state index in [9.17, 15) is 14.0 Å². The lowest BCUT2D eigenvalue weighted by Crippen LogP contribution is -2.46. The Hall–Kier alpha value is -2.73. The molecule has 29 heavy (non-hydrogen) atoms. The average molecular weight is 396 g/mol. The van der Waals surface area contributed by atoms with Crippen LogP contribution in [-0.4, -0.2) is 42.5 Å². The van der Waals surface area contributed by atoms with E-state index in [1.165, 1.54) is 12.1 Å². The van der Waals surface area contributed by atoms with Gasteiger partial charge in [-0.2, -0.15) is 0 Å². The number of rotatable bonds is 4. The quantitative estimate of drug-likeness (QED) is 0.854. The van der Waals surface area contributed by atoms with E-state index in [2.05, 4.69) is 5.32 Å². The first-order chi connectivity index (χ1) is 14.1. The Bertz CT molecular complexity index is 878. The van der Waals surface area contributed by atoms with Crippen LogP contribution in [0, 0.1) is 11.7 Å². The third kappa shape index (κ3) is 4.48. The summed E-state index contributed by atoms with van der Waals surface area (Å²) in [4.78, 5) is 27.6. The Kier molecular flexibility index (Phi) is 5.90. The van der Waals surface area contributed by atoms with Crippen LogP contribution in [0.2, 0.25) is 0 Å². The molecule has 5 nitrogen and oxygen atoms in total. The van der Waals surface area contributed by atoms with Crippen LogP contribution in [0.4, 0.5) is 10.1 Å². The van der Waals surface area contributed by atoms with E-state index in [4.69, 9.17) is 4.74 Å². The van der Waals surface area contributed by atoms with Crippen LogP contribution in [0.25, 0.3) is 11.1 Å². The summed E-state index contributed by atoms with van der Waals surface area (Å²) < 4.78 is 18.5. The second-order valence-electron chi connectivity index (χ2n) is 7.65. The van der Waals surface area contributed by atoms with Gasteiger partial charge >= 0.3 is 0 Å². The van der Waals surface area contributed by atoms with Crippen molar-refractivity contribution in [2.75, 3.05) is 25.1 Å². The van der Waals surface area contributed by atoms with E-state index in [0.717, 1.165) is 30.4 Å². The minimum Gasteiger partial charge on any atom is -0.381 e. The zero-order valence-electron chi connectivity index (χ0n) is 16.3. The average Bonchev–Trinajstić information content (AvgIpc) is 3.25. The Morgan fingerprint density at radius 1 is 1.00 bits per heavy atom. The number of benzene rings is 2. The molecule has 1 N–H and O–H groups in total. The van der Waals surface area contributed by atoms with Crippen molar-refractivity contribution in [2.24, 2.45) is 5.92 Å². The topological polar surface area (TPSA) is 58.6 Å². The molecule has 6 heteroatoms. The number of amides is 2. The van der Waals surface area contributed by atoms with Gasteiger partial charge in [-0.15, -0.1) is 0 Å². The number of hydrogen-bond donors (Lipinski definition) is 1. The van der Waals surface area contributed by atoms with Crippen molar-refractivity contribution in [3.05, 3.63) is 54.3 Å². The Labute approximate surface area is 169 Å². The maximum atomic E-state index is 13.2. The maximum Gasteiger partial charge on any atom is 0.247 e. The van der Waals surface area contributed by atoms with Gasteiger partial charge in [0.2, 0.25) is 11.8 Å². The van der Waals surface area contributed by atoms with Crippen LogP contribution in [0.1, 0.15) is 25.7 Å². The molecule has 0 unspecified atom stereocenters. The van der Waals surface area contributed by atoms with Crippen LogP contribution in [0.5, 0.6) is 0 Å². The van der Waals surface area contributed by atoms with Gasteiger partial charge in [0.25, 0.3) is 0 Å². The highest BCUT2D eigenvalue weighted by molar-refractivity contribution is 5.98. The summed E-state index contributed by atoms with van der Waals surface area (Å²) in [5, 5.41) is 2.96. The van der Waals surface area contributed by atoms with Crippen molar-refractivity contribution in [2.45, 2.75) is 31.7 Å². The highest BCUT2D eigenvalue weighted by Crippen LogP contribution is 2.27. The normalized spacial score (nSPS) is 19.9. The highest BCUT2D eigenvalue weighted by atomic mass is 19.1. The fraction of sp³-hybridized carbons (Fsp3) is 0.391. The molecular formula is C23H25FN2O3. The van der Waals surface area contributed by atoms with Crippen LogP contribution in [0.15, 0.2) is 48.5 Å². The molecule has 1 atom stereocenters. The number of nitrogens with zero attached hydrogens (tertiary/aromatic N) is 1. The number of likely N-dealkylation sites (tertiary alicyclic amines) is 1. The van der Waals surface area contributed by atoms with Gasteiger partial charge in [0.15, 0.2) is 0 Å². The molecule has 0 spiro atoms. The molecule has 2 fully saturated rings. The number of nitrogens with one attached hydrogen (secondary N) is 1. The van der Waals surface area contributed by atoms with Crippen molar-refractivity contribution in [1.82, 2.24) is 4.90 Å². The van der Waals surface area contributed by atoms with Gasteiger partial charge in [-0.1, -0.05) is 24.3 Å². The van der Waals surface area contributed by atoms with Crippen LogP contribution in [0.3, 0.4) is 0 Å². The summed E-state index contributed by atoms with van der Waals surface area (Å²) in [6.07, 6.45) is 2.97. The molecule has 2 aliphatic heterocycles. The molecule has 4 rings (SSSR count). The molecule has 2 aromatic carbocycles. The van der Waals surface area contributed by atoms with E-state index < -0.39 is 6.04 Å². The van der Waals surface area contributed by atoms with Crippen LogP contribution in [-0.2, 0) is 14.3 Å². The van der Waals surface area contributed by atoms with Gasteiger partial charge in [-0.3, -0.25) is 9.59 Å². The molecule has 2 amide bonds.